The van der Waals surface area contributed by atoms with Crippen molar-refractivity contribution in [3.05, 3.63) is 0 Å². The van der Waals surface area contributed by atoms with Crippen LogP contribution in [0.1, 0.15) is 46.0 Å². The lowest BCUT2D eigenvalue weighted by atomic mass is 10.2. The molecule has 6 heteroatoms. The maximum absolute atomic E-state index is 10.5. The van der Waals surface area contributed by atoms with Gasteiger partial charge in [0.05, 0.1) is 16.9 Å². The number of aliphatic carboxylic acids is 2. The van der Waals surface area contributed by atoms with Crippen LogP contribution in [-0.4, -0.2) is 37.7 Å². The average molecular weight is 294 g/mol. The smallest absolute Gasteiger partial charge is 0.304 e. The van der Waals surface area contributed by atoms with Crippen molar-refractivity contribution in [2.75, 3.05) is 11.5 Å². The zero-order valence-corrected chi connectivity index (χ0v) is 12.6. The third-order valence-corrected chi connectivity index (χ3v) is 5.58. The number of rotatable bonds is 11. The molecule has 0 bridgehead atoms. The lowest BCUT2D eigenvalue weighted by Gasteiger charge is -2.28. The third kappa shape index (κ3) is 9.65. The number of unbranched alkanes of at least 4 members (excludes halogenated alkanes) is 1. The fourth-order valence-corrected chi connectivity index (χ4v) is 4.22. The minimum atomic E-state index is -0.782. The van der Waals surface area contributed by atoms with E-state index in [1.54, 1.807) is 23.5 Å². The molecule has 0 aliphatic heterocycles. The van der Waals surface area contributed by atoms with Crippen LogP contribution in [0, 0.1) is 0 Å². The summed E-state index contributed by atoms with van der Waals surface area (Å²) >= 11 is 3.27. The molecule has 0 radical (unpaired) electrons. The summed E-state index contributed by atoms with van der Waals surface area (Å²) in [5, 5.41) is 17.3. The summed E-state index contributed by atoms with van der Waals surface area (Å²) < 4.78 is -0.0685. The monoisotopic (exact) mass is 294 g/mol. The van der Waals surface area contributed by atoms with E-state index in [9.17, 15) is 9.59 Å². The van der Waals surface area contributed by atoms with Crippen molar-refractivity contribution in [1.29, 1.82) is 0 Å². The Morgan fingerprint density at radius 2 is 1.50 bits per heavy atom. The van der Waals surface area contributed by atoms with Crippen LogP contribution in [0.25, 0.3) is 0 Å². The van der Waals surface area contributed by atoms with Gasteiger partial charge in [-0.25, -0.2) is 0 Å². The van der Waals surface area contributed by atoms with Gasteiger partial charge < -0.3 is 10.2 Å². The Balaban J connectivity index is 4.13. The van der Waals surface area contributed by atoms with Gasteiger partial charge in [-0.05, 0) is 13.3 Å². The van der Waals surface area contributed by atoms with Crippen molar-refractivity contribution < 1.29 is 19.8 Å². The van der Waals surface area contributed by atoms with E-state index < -0.39 is 11.9 Å². The van der Waals surface area contributed by atoms with Crippen LogP contribution in [0.3, 0.4) is 0 Å². The molecule has 18 heavy (non-hydrogen) atoms. The van der Waals surface area contributed by atoms with Gasteiger partial charge in [-0.3, -0.25) is 9.59 Å². The largest absolute Gasteiger partial charge is 0.481 e. The molecule has 0 atom stereocenters. The number of thioether (sulfide) groups is 2. The van der Waals surface area contributed by atoms with Gasteiger partial charge in [0.25, 0.3) is 0 Å². The summed E-state index contributed by atoms with van der Waals surface area (Å²) in [5.74, 6) is -0.405. The first kappa shape index (κ1) is 17.6. The standard InChI is InChI=1S/C12H22O4S2/c1-3-4-7-12(2,17-8-5-10(13)14)18-9-6-11(15)16/h3-9H2,1-2H3,(H,13,14)(H,15,16). The lowest BCUT2D eigenvalue weighted by Crippen LogP contribution is -2.18. The molecule has 0 saturated heterocycles. The van der Waals surface area contributed by atoms with Crippen LogP contribution in [0.4, 0.5) is 0 Å². The molecule has 0 aromatic carbocycles. The van der Waals surface area contributed by atoms with Crippen LogP contribution in [0.15, 0.2) is 0 Å². The molecule has 0 amide bonds. The molecule has 0 saturated carbocycles. The van der Waals surface area contributed by atoms with E-state index in [1.807, 2.05) is 0 Å². The molecule has 2 N–H and O–H groups in total. The summed E-state index contributed by atoms with van der Waals surface area (Å²) in [6.07, 6.45) is 3.47. The van der Waals surface area contributed by atoms with Gasteiger partial charge in [-0.15, -0.1) is 23.5 Å². The van der Waals surface area contributed by atoms with E-state index >= 15 is 0 Å². The van der Waals surface area contributed by atoms with Crippen LogP contribution in [0.5, 0.6) is 0 Å². The van der Waals surface area contributed by atoms with Crippen LogP contribution in [-0.2, 0) is 9.59 Å². The predicted octanol–water partition coefficient (Wildman–Crippen LogP) is 3.31. The van der Waals surface area contributed by atoms with Gasteiger partial charge in [0.2, 0.25) is 0 Å². The van der Waals surface area contributed by atoms with Gasteiger partial charge in [0, 0.05) is 11.5 Å². The number of hydrogen-bond acceptors (Lipinski definition) is 4. The van der Waals surface area contributed by atoms with E-state index in [0.29, 0.717) is 11.5 Å². The summed E-state index contributed by atoms with van der Waals surface area (Å²) in [5.41, 5.74) is 0. The normalized spacial score (nSPS) is 11.4. The maximum atomic E-state index is 10.5. The molecule has 0 heterocycles. The fraction of sp³-hybridized carbons (Fsp3) is 0.833. The summed E-state index contributed by atoms with van der Waals surface area (Å²) in [6.45, 7) is 4.20. The number of carboxylic acid groups (broad SMARTS) is 2. The molecule has 0 fully saturated rings. The second kappa shape index (κ2) is 9.55. The van der Waals surface area contributed by atoms with E-state index in [4.69, 9.17) is 10.2 Å². The molecule has 0 rings (SSSR count). The second-order valence-corrected chi connectivity index (χ2v) is 7.68. The van der Waals surface area contributed by atoms with Gasteiger partial charge in [0.1, 0.15) is 0 Å². The van der Waals surface area contributed by atoms with Crippen molar-refractivity contribution in [2.45, 2.75) is 50.0 Å². The van der Waals surface area contributed by atoms with Crippen molar-refractivity contribution in [3.63, 3.8) is 0 Å². The zero-order chi connectivity index (χ0) is 14.0. The summed E-state index contributed by atoms with van der Waals surface area (Å²) in [6, 6.07) is 0. The lowest BCUT2D eigenvalue weighted by molar-refractivity contribution is -0.137. The Morgan fingerprint density at radius 1 is 1.06 bits per heavy atom. The highest BCUT2D eigenvalue weighted by Crippen LogP contribution is 2.41. The summed E-state index contributed by atoms with van der Waals surface area (Å²) in [4.78, 5) is 21.0. The molecule has 0 unspecified atom stereocenters. The molecule has 106 valence electrons. The Kier molecular flexibility index (Phi) is 9.36. The first-order valence-corrected chi connectivity index (χ1v) is 8.08. The minimum Gasteiger partial charge on any atom is -0.481 e. The summed E-state index contributed by atoms with van der Waals surface area (Å²) in [7, 11) is 0. The van der Waals surface area contributed by atoms with Gasteiger partial charge in [-0.1, -0.05) is 19.8 Å². The molecule has 4 nitrogen and oxygen atoms in total. The van der Waals surface area contributed by atoms with Crippen molar-refractivity contribution >= 4 is 35.5 Å². The average Bonchev–Trinajstić information content (AvgIpc) is 2.25. The van der Waals surface area contributed by atoms with Crippen LogP contribution in [0.2, 0.25) is 0 Å². The first-order valence-electron chi connectivity index (χ1n) is 6.11. The molecule has 0 aromatic heterocycles. The predicted molar refractivity (Wildman–Crippen MR) is 77.4 cm³/mol. The quantitative estimate of drug-likeness (QED) is 0.569. The van der Waals surface area contributed by atoms with Gasteiger partial charge in [0.15, 0.2) is 0 Å². The fourth-order valence-electron chi connectivity index (χ4n) is 1.39. The first-order chi connectivity index (χ1) is 8.39. The molecule has 0 spiro atoms. The number of hydrogen-bond donors (Lipinski definition) is 2. The van der Waals surface area contributed by atoms with E-state index in [0.717, 1.165) is 19.3 Å². The Morgan fingerprint density at radius 3 is 1.83 bits per heavy atom. The highest BCUT2D eigenvalue weighted by molar-refractivity contribution is 8.18. The number of carboxylic acids is 2. The molecule has 0 aromatic rings. The molecule has 0 aliphatic carbocycles. The third-order valence-electron chi connectivity index (χ3n) is 2.43. The van der Waals surface area contributed by atoms with Crippen LogP contribution < -0.4 is 0 Å². The Hall–Kier alpha value is -0.360. The highest BCUT2D eigenvalue weighted by Gasteiger charge is 2.25. The van der Waals surface area contributed by atoms with Gasteiger partial charge >= 0.3 is 11.9 Å². The Bertz CT molecular complexity index is 249. The highest BCUT2D eigenvalue weighted by atomic mass is 32.2. The van der Waals surface area contributed by atoms with E-state index in [2.05, 4.69) is 13.8 Å². The van der Waals surface area contributed by atoms with Crippen LogP contribution >= 0.6 is 23.5 Å². The van der Waals surface area contributed by atoms with Crippen molar-refractivity contribution in [3.8, 4) is 0 Å². The maximum Gasteiger partial charge on any atom is 0.304 e. The van der Waals surface area contributed by atoms with E-state index in [1.165, 1.54) is 0 Å². The SMILES string of the molecule is CCCCC(C)(SCCC(=O)O)SCCC(=O)O. The van der Waals surface area contributed by atoms with Gasteiger partial charge in [-0.2, -0.15) is 0 Å². The zero-order valence-electron chi connectivity index (χ0n) is 11.0. The minimum absolute atomic E-state index is 0.0685. The van der Waals surface area contributed by atoms with Crippen molar-refractivity contribution in [1.82, 2.24) is 0 Å². The Labute approximate surface area is 117 Å². The molecule has 0 aliphatic rings. The topological polar surface area (TPSA) is 74.6 Å². The number of carbonyl (C=O) groups is 2. The van der Waals surface area contributed by atoms with E-state index in [-0.39, 0.29) is 16.9 Å². The van der Waals surface area contributed by atoms with Crippen molar-refractivity contribution in [2.24, 2.45) is 0 Å². The molecular formula is C12H22O4S2. The second-order valence-electron chi connectivity index (χ2n) is 4.22. The molecular weight excluding hydrogens is 272 g/mol.